The molecule has 0 aromatic heterocycles. The van der Waals surface area contributed by atoms with Crippen molar-refractivity contribution < 1.29 is 9.13 Å². The van der Waals surface area contributed by atoms with E-state index in [1.165, 1.54) is 12.5 Å². The lowest BCUT2D eigenvalue weighted by molar-refractivity contribution is 0.322. The lowest BCUT2D eigenvalue weighted by atomic mass is 9.93. The topological polar surface area (TPSA) is 47.3 Å². The van der Waals surface area contributed by atoms with E-state index in [1.807, 2.05) is 6.92 Å². The Hall–Kier alpha value is -1.45. The van der Waals surface area contributed by atoms with Crippen molar-refractivity contribution in [1.29, 1.82) is 0 Å². The van der Waals surface area contributed by atoms with Crippen molar-refractivity contribution in [3.63, 3.8) is 0 Å². The van der Waals surface area contributed by atoms with Crippen LogP contribution in [-0.4, -0.2) is 12.6 Å². The van der Waals surface area contributed by atoms with Gasteiger partial charge < -0.3 is 15.8 Å². The Balaban J connectivity index is 2.18. The zero-order valence-electron chi connectivity index (χ0n) is 9.42. The number of nitrogens with one attached hydrogen (secondary N) is 1. The van der Waals surface area contributed by atoms with Crippen molar-refractivity contribution in [3.05, 3.63) is 17.9 Å². The number of hydrogen-bond acceptors (Lipinski definition) is 3. The van der Waals surface area contributed by atoms with Gasteiger partial charge in [0.05, 0.1) is 18.0 Å². The van der Waals surface area contributed by atoms with E-state index in [0.29, 0.717) is 18.3 Å². The number of nitrogens with two attached hydrogens (primary N) is 1. The van der Waals surface area contributed by atoms with Gasteiger partial charge in [0.25, 0.3) is 0 Å². The molecule has 0 amide bonds. The lowest BCUT2D eigenvalue weighted by Gasteiger charge is -2.28. The summed E-state index contributed by atoms with van der Waals surface area (Å²) >= 11 is 0. The van der Waals surface area contributed by atoms with E-state index in [1.54, 1.807) is 6.07 Å². The van der Waals surface area contributed by atoms with E-state index in [-0.39, 0.29) is 5.75 Å². The van der Waals surface area contributed by atoms with E-state index >= 15 is 0 Å². The first-order valence-corrected chi connectivity index (χ1v) is 5.69. The molecule has 0 saturated heterocycles. The van der Waals surface area contributed by atoms with Gasteiger partial charge in [-0.3, -0.25) is 0 Å². The molecule has 1 aromatic rings. The maximum atomic E-state index is 13.4. The standard InChI is InChI=1S/C12H17FN2O/c1-2-16-12-7-11(10(14)6-9(12)13)15-8-4-3-5-8/h6-8,15H,2-5,14H2,1H3. The number of nitrogen functional groups attached to an aromatic ring is 1. The molecule has 0 spiro atoms. The Morgan fingerprint density at radius 3 is 2.81 bits per heavy atom. The van der Waals surface area contributed by atoms with Crippen molar-refractivity contribution in [1.82, 2.24) is 0 Å². The third kappa shape index (κ3) is 2.21. The summed E-state index contributed by atoms with van der Waals surface area (Å²) in [5.41, 5.74) is 6.97. The Kier molecular flexibility index (Phi) is 3.17. The van der Waals surface area contributed by atoms with Gasteiger partial charge in [-0.2, -0.15) is 0 Å². The van der Waals surface area contributed by atoms with E-state index in [0.717, 1.165) is 18.5 Å². The first-order valence-electron chi connectivity index (χ1n) is 5.69. The van der Waals surface area contributed by atoms with E-state index in [4.69, 9.17) is 10.5 Å². The average molecular weight is 224 g/mol. The second-order valence-electron chi connectivity index (χ2n) is 4.08. The molecule has 0 atom stereocenters. The summed E-state index contributed by atoms with van der Waals surface area (Å²) in [6.07, 6.45) is 3.55. The third-order valence-corrected chi connectivity index (χ3v) is 2.87. The van der Waals surface area contributed by atoms with Crippen LogP contribution in [0.1, 0.15) is 26.2 Å². The Morgan fingerprint density at radius 2 is 2.25 bits per heavy atom. The average Bonchev–Trinajstić information content (AvgIpc) is 2.18. The van der Waals surface area contributed by atoms with Gasteiger partial charge in [0.15, 0.2) is 11.6 Å². The smallest absolute Gasteiger partial charge is 0.167 e. The van der Waals surface area contributed by atoms with Crippen LogP contribution in [0.15, 0.2) is 12.1 Å². The Morgan fingerprint density at radius 1 is 1.50 bits per heavy atom. The molecule has 3 N–H and O–H groups in total. The van der Waals surface area contributed by atoms with Gasteiger partial charge in [-0.15, -0.1) is 0 Å². The molecule has 1 aliphatic carbocycles. The monoisotopic (exact) mass is 224 g/mol. The molecule has 2 rings (SSSR count). The molecule has 3 nitrogen and oxygen atoms in total. The largest absolute Gasteiger partial charge is 0.491 e. The molecule has 4 heteroatoms. The summed E-state index contributed by atoms with van der Waals surface area (Å²) in [6, 6.07) is 3.43. The van der Waals surface area contributed by atoms with Crippen LogP contribution in [0.25, 0.3) is 0 Å². The minimum Gasteiger partial charge on any atom is -0.491 e. The molecule has 0 unspecified atom stereocenters. The third-order valence-electron chi connectivity index (χ3n) is 2.87. The number of halogens is 1. The van der Waals surface area contributed by atoms with E-state index in [9.17, 15) is 4.39 Å². The Labute approximate surface area is 94.8 Å². The van der Waals surface area contributed by atoms with Gasteiger partial charge in [-0.05, 0) is 26.2 Å². The molecule has 0 heterocycles. The minimum absolute atomic E-state index is 0.263. The predicted molar refractivity (Wildman–Crippen MR) is 63.2 cm³/mol. The first-order chi connectivity index (χ1) is 7.70. The van der Waals surface area contributed by atoms with Gasteiger partial charge in [-0.1, -0.05) is 0 Å². The maximum Gasteiger partial charge on any atom is 0.167 e. The first kappa shape index (κ1) is 11.0. The summed E-state index contributed by atoms with van der Waals surface area (Å²) < 4.78 is 18.6. The lowest BCUT2D eigenvalue weighted by Crippen LogP contribution is -2.27. The zero-order valence-corrected chi connectivity index (χ0v) is 9.42. The highest BCUT2D eigenvalue weighted by atomic mass is 19.1. The number of benzene rings is 1. The molecule has 1 aromatic carbocycles. The molecule has 16 heavy (non-hydrogen) atoms. The van der Waals surface area contributed by atoms with Crippen LogP contribution in [0.5, 0.6) is 5.75 Å². The van der Waals surface area contributed by atoms with Crippen molar-refractivity contribution in [3.8, 4) is 5.75 Å². The fourth-order valence-corrected chi connectivity index (χ4v) is 1.73. The summed E-state index contributed by atoms with van der Waals surface area (Å²) in [6.45, 7) is 2.28. The molecular formula is C12H17FN2O. The molecule has 1 saturated carbocycles. The number of hydrogen-bond donors (Lipinski definition) is 2. The highest BCUT2D eigenvalue weighted by Crippen LogP contribution is 2.31. The van der Waals surface area contributed by atoms with Crippen LogP contribution < -0.4 is 15.8 Å². The van der Waals surface area contributed by atoms with Crippen molar-refractivity contribution >= 4 is 11.4 Å². The van der Waals surface area contributed by atoms with Crippen LogP contribution in [0, 0.1) is 5.82 Å². The summed E-state index contributed by atoms with van der Waals surface area (Å²) in [5, 5.41) is 3.30. The zero-order chi connectivity index (χ0) is 11.5. The fraction of sp³-hybridized carbons (Fsp3) is 0.500. The van der Waals surface area contributed by atoms with Crippen LogP contribution in [-0.2, 0) is 0 Å². The summed E-state index contributed by atoms with van der Waals surface area (Å²) in [4.78, 5) is 0. The van der Waals surface area contributed by atoms with Gasteiger partial charge in [0.1, 0.15) is 0 Å². The van der Waals surface area contributed by atoms with E-state index in [2.05, 4.69) is 5.32 Å². The molecule has 0 radical (unpaired) electrons. The quantitative estimate of drug-likeness (QED) is 0.773. The molecule has 1 fully saturated rings. The van der Waals surface area contributed by atoms with Gasteiger partial charge in [0.2, 0.25) is 0 Å². The molecule has 0 bridgehead atoms. The second kappa shape index (κ2) is 4.60. The van der Waals surface area contributed by atoms with Crippen LogP contribution >= 0.6 is 0 Å². The molecule has 1 aliphatic rings. The van der Waals surface area contributed by atoms with Gasteiger partial charge in [-0.25, -0.2) is 4.39 Å². The van der Waals surface area contributed by atoms with Gasteiger partial charge >= 0.3 is 0 Å². The van der Waals surface area contributed by atoms with Crippen molar-refractivity contribution in [2.24, 2.45) is 0 Å². The van der Waals surface area contributed by atoms with Crippen LogP contribution in [0.3, 0.4) is 0 Å². The SMILES string of the molecule is CCOc1cc(NC2CCC2)c(N)cc1F. The summed E-state index contributed by atoms with van der Waals surface area (Å²) in [5.74, 6) is -0.142. The fourth-order valence-electron chi connectivity index (χ4n) is 1.73. The molecule has 0 aliphatic heterocycles. The second-order valence-corrected chi connectivity index (χ2v) is 4.08. The predicted octanol–water partition coefficient (Wildman–Crippen LogP) is 2.77. The van der Waals surface area contributed by atoms with Gasteiger partial charge in [0, 0.05) is 18.2 Å². The number of anilines is 2. The van der Waals surface area contributed by atoms with E-state index < -0.39 is 5.82 Å². The maximum absolute atomic E-state index is 13.4. The number of rotatable bonds is 4. The van der Waals surface area contributed by atoms with Crippen LogP contribution in [0.4, 0.5) is 15.8 Å². The molecular weight excluding hydrogens is 207 g/mol. The van der Waals surface area contributed by atoms with Crippen LogP contribution in [0.2, 0.25) is 0 Å². The van der Waals surface area contributed by atoms with Crippen molar-refractivity contribution in [2.45, 2.75) is 32.2 Å². The minimum atomic E-state index is -0.404. The van der Waals surface area contributed by atoms with Crippen molar-refractivity contribution in [2.75, 3.05) is 17.7 Å². The highest BCUT2D eigenvalue weighted by Gasteiger charge is 2.18. The highest BCUT2D eigenvalue weighted by molar-refractivity contribution is 5.69. The number of ether oxygens (including phenoxy) is 1. The Bertz CT molecular complexity index is 378. The normalized spacial score (nSPS) is 15.6. The molecule has 88 valence electrons. The summed E-state index contributed by atoms with van der Waals surface area (Å²) in [7, 11) is 0.